The molecule has 1 heterocycles. The fraction of sp³-hybridized carbons (Fsp3) is 0.636. The van der Waals surface area contributed by atoms with E-state index in [-0.39, 0.29) is 11.7 Å². The minimum absolute atomic E-state index is 0.110. The number of aryl methyl sites for hydroxylation is 1. The number of hydrogen-bond donors (Lipinski definition) is 2. The fourth-order valence-electron chi connectivity index (χ4n) is 2.09. The molecule has 0 radical (unpaired) electrons. The smallest absolute Gasteiger partial charge is 0.293 e. The van der Waals surface area contributed by atoms with Crippen LogP contribution in [0, 0.1) is 5.92 Å². The molecule has 0 bridgehead atoms. The van der Waals surface area contributed by atoms with E-state index in [0.29, 0.717) is 18.3 Å². The van der Waals surface area contributed by atoms with Crippen molar-refractivity contribution in [3.05, 3.63) is 22.7 Å². The Morgan fingerprint density at radius 3 is 3.12 bits per heavy atom. The number of nitrogens with one attached hydrogen (secondary N) is 1. The molecule has 2 unspecified atom stereocenters. The van der Waals surface area contributed by atoms with E-state index in [4.69, 9.17) is 0 Å². The van der Waals surface area contributed by atoms with Gasteiger partial charge < -0.3 is 15.0 Å². The highest BCUT2D eigenvalue weighted by Gasteiger charge is 2.22. The molecule has 5 nitrogen and oxygen atoms in total. The Balaban J connectivity index is 1.95. The number of aromatic nitrogens is 2. The molecule has 0 saturated heterocycles. The molecule has 2 rings (SSSR count). The zero-order valence-corrected chi connectivity index (χ0v) is 9.39. The molecule has 88 valence electrons. The van der Waals surface area contributed by atoms with E-state index in [0.717, 1.165) is 19.3 Å². The van der Waals surface area contributed by atoms with Gasteiger partial charge in [-0.15, -0.1) is 0 Å². The molecule has 0 aliphatic heterocycles. The van der Waals surface area contributed by atoms with E-state index in [1.807, 2.05) is 0 Å². The number of rotatable bonds is 3. The Morgan fingerprint density at radius 1 is 1.62 bits per heavy atom. The maximum Gasteiger partial charge on any atom is 0.293 e. The average Bonchev–Trinajstić information content (AvgIpc) is 2.67. The normalized spacial score (nSPS) is 24.6. The van der Waals surface area contributed by atoms with Gasteiger partial charge in [-0.25, -0.2) is 4.98 Å². The van der Waals surface area contributed by atoms with Crippen molar-refractivity contribution in [2.24, 2.45) is 13.0 Å². The first kappa shape index (κ1) is 11.1. The van der Waals surface area contributed by atoms with Crippen LogP contribution in [0.4, 0.5) is 5.82 Å². The van der Waals surface area contributed by atoms with Crippen LogP contribution in [0.5, 0.6) is 0 Å². The molecule has 1 aliphatic rings. The summed E-state index contributed by atoms with van der Waals surface area (Å²) in [4.78, 5) is 15.6. The molecular formula is C11H17N3O2. The molecule has 1 aliphatic carbocycles. The molecule has 16 heavy (non-hydrogen) atoms. The Labute approximate surface area is 94.1 Å². The Morgan fingerprint density at radius 2 is 2.44 bits per heavy atom. The summed E-state index contributed by atoms with van der Waals surface area (Å²) in [7, 11) is 1.70. The van der Waals surface area contributed by atoms with Crippen molar-refractivity contribution in [1.82, 2.24) is 9.55 Å². The van der Waals surface area contributed by atoms with Gasteiger partial charge in [0.15, 0.2) is 5.82 Å². The summed E-state index contributed by atoms with van der Waals surface area (Å²) in [6.45, 7) is 0.712. The number of nitrogens with zero attached hydrogens (tertiary/aromatic N) is 2. The standard InChI is InChI=1S/C11H17N3O2/c1-14-5-4-12-10(11(14)16)13-7-8-2-3-9(15)6-8/h4-5,8-9,15H,2-3,6-7H2,1H3,(H,12,13). The largest absolute Gasteiger partial charge is 0.393 e. The third-order valence-corrected chi connectivity index (χ3v) is 3.09. The van der Waals surface area contributed by atoms with Crippen molar-refractivity contribution in [3.8, 4) is 0 Å². The second kappa shape index (κ2) is 4.65. The van der Waals surface area contributed by atoms with Gasteiger partial charge in [0, 0.05) is 26.0 Å². The van der Waals surface area contributed by atoms with Crippen LogP contribution < -0.4 is 10.9 Å². The second-order valence-corrected chi connectivity index (χ2v) is 4.41. The molecular weight excluding hydrogens is 206 g/mol. The molecule has 1 aromatic heterocycles. The highest BCUT2D eigenvalue weighted by atomic mass is 16.3. The van der Waals surface area contributed by atoms with Crippen molar-refractivity contribution in [2.75, 3.05) is 11.9 Å². The second-order valence-electron chi connectivity index (χ2n) is 4.41. The number of anilines is 1. The van der Waals surface area contributed by atoms with E-state index in [9.17, 15) is 9.90 Å². The number of hydrogen-bond acceptors (Lipinski definition) is 4. The summed E-state index contributed by atoms with van der Waals surface area (Å²) in [5.41, 5.74) is -0.110. The van der Waals surface area contributed by atoms with Crippen LogP contribution in [-0.4, -0.2) is 27.3 Å². The Kier molecular flexibility index (Phi) is 3.24. The predicted molar refractivity (Wildman–Crippen MR) is 61.3 cm³/mol. The lowest BCUT2D eigenvalue weighted by atomic mass is 10.1. The molecule has 0 spiro atoms. The average molecular weight is 223 g/mol. The SMILES string of the molecule is Cn1ccnc(NCC2CCC(O)C2)c1=O. The third-order valence-electron chi connectivity index (χ3n) is 3.09. The summed E-state index contributed by atoms with van der Waals surface area (Å²) in [6.07, 6.45) is 5.77. The summed E-state index contributed by atoms with van der Waals surface area (Å²) in [5, 5.41) is 12.4. The third kappa shape index (κ3) is 2.41. The lowest BCUT2D eigenvalue weighted by Gasteiger charge is -2.11. The van der Waals surface area contributed by atoms with E-state index < -0.39 is 0 Å². The molecule has 2 N–H and O–H groups in total. The van der Waals surface area contributed by atoms with Crippen molar-refractivity contribution >= 4 is 5.82 Å². The summed E-state index contributed by atoms with van der Waals surface area (Å²) >= 11 is 0. The topological polar surface area (TPSA) is 67.2 Å². The van der Waals surface area contributed by atoms with Gasteiger partial charge in [-0.2, -0.15) is 0 Å². The van der Waals surface area contributed by atoms with Gasteiger partial charge in [-0.1, -0.05) is 0 Å². The zero-order valence-electron chi connectivity index (χ0n) is 9.39. The van der Waals surface area contributed by atoms with Crippen LogP contribution in [0.3, 0.4) is 0 Å². The highest BCUT2D eigenvalue weighted by molar-refractivity contribution is 5.30. The summed E-state index contributed by atoms with van der Waals surface area (Å²) in [5.74, 6) is 0.841. The minimum Gasteiger partial charge on any atom is -0.393 e. The Bertz CT molecular complexity index is 416. The maximum atomic E-state index is 11.6. The van der Waals surface area contributed by atoms with E-state index in [1.165, 1.54) is 4.57 Å². The molecule has 2 atom stereocenters. The van der Waals surface area contributed by atoms with Gasteiger partial charge in [0.25, 0.3) is 5.56 Å². The Hall–Kier alpha value is -1.36. The van der Waals surface area contributed by atoms with Crippen molar-refractivity contribution in [1.29, 1.82) is 0 Å². The van der Waals surface area contributed by atoms with Gasteiger partial charge in [0.2, 0.25) is 0 Å². The van der Waals surface area contributed by atoms with Gasteiger partial charge in [0.05, 0.1) is 6.10 Å². The summed E-state index contributed by atoms with van der Waals surface area (Å²) < 4.78 is 1.50. The van der Waals surface area contributed by atoms with Crippen molar-refractivity contribution in [2.45, 2.75) is 25.4 Å². The lowest BCUT2D eigenvalue weighted by molar-refractivity contribution is 0.178. The van der Waals surface area contributed by atoms with E-state index in [2.05, 4.69) is 10.3 Å². The minimum atomic E-state index is -0.168. The monoisotopic (exact) mass is 223 g/mol. The number of aliphatic hydroxyl groups is 1. The van der Waals surface area contributed by atoms with Crippen molar-refractivity contribution < 1.29 is 5.11 Å². The summed E-state index contributed by atoms with van der Waals surface area (Å²) in [6, 6.07) is 0. The van der Waals surface area contributed by atoms with Gasteiger partial charge >= 0.3 is 0 Å². The first-order valence-electron chi connectivity index (χ1n) is 5.60. The maximum absolute atomic E-state index is 11.6. The van der Waals surface area contributed by atoms with Crippen LogP contribution in [-0.2, 0) is 7.05 Å². The molecule has 5 heteroatoms. The molecule has 1 aromatic rings. The fourth-order valence-corrected chi connectivity index (χ4v) is 2.09. The van der Waals surface area contributed by atoms with Crippen molar-refractivity contribution in [3.63, 3.8) is 0 Å². The lowest BCUT2D eigenvalue weighted by Crippen LogP contribution is -2.24. The molecule has 1 saturated carbocycles. The highest BCUT2D eigenvalue weighted by Crippen LogP contribution is 2.25. The predicted octanol–water partition coefficient (Wildman–Crippen LogP) is 0.353. The quantitative estimate of drug-likeness (QED) is 0.776. The van der Waals surface area contributed by atoms with Crippen LogP contribution in [0.15, 0.2) is 17.2 Å². The van der Waals surface area contributed by atoms with Gasteiger partial charge in [0.1, 0.15) is 0 Å². The molecule has 0 amide bonds. The number of aliphatic hydroxyl groups excluding tert-OH is 1. The van der Waals surface area contributed by atoms with E-state index >= 15 is 0 Å². The zero-order chi connectivity index (χ0) is 11.5. The molecule has 1 fully saturated rings. The van der Waals surface area contributed by atoms with Gasteiger partial charge in [-0.05, 0) is 25.2 Å². The van der Waals surface area contributed by atoms with E-state index in [1.54, 1.807) is 19.4 Å². The first-order valence-corrected chi connectivity index (χ1v) is 5.60. The van der Waals surface area contributed by atoms with Gasteiger partial charge in [-0.3, -0.25) is 4.79 Å². The van der Waals surface area contributed by atoms with Crippen LogP contribution in [0.1, 0.15) is 19.3 Å². The van der Waals surface area contributed by atoms with Crippen LogP contribution >= 0.6 is 0 Å². The first-order chi connectivity index (χ1) is 7.66. The van der Waals surface area contributed by atoms with Crippen LogP contribution in [0.25, 0.3) is 0 Å². The molecule has 0 aromatic carbocycles. The van der Waals surface area contributed by atoms with Crippen LogP contribution in [0.2, 0.25) is 0 Å².